The van der Waals surface area contributed by atoms with Crippen molar-refractivity contribution in [3.05, 3.63) is 88.9 Å². The van der Waals surface area contributed by atoms with Gasteiger partial charge in [0.15, 0.2) is 11.0 Å². The van der Waals surface area contributed by atoms with E-state index in [-0.39, 0.29) is 11.7 Å². The second kappa shape index (κ2) is 11.6. The SMILES string of the molecule is CCOc1ccc(-n2c(SCC(=O)N/N=C/c3ccccc3Br)nnc2-c2ccccc2)cc1. The molecule has 0 saturated heterocycles. The molecule has 0 aliphatic rings. The molecule has 34 heavy (non-hydrogen) atoms. The normalized spacial score (nSPS) is 11.0. The van der Waals surface area contributed by atoms with Gasteiger partial charge in [0.1, 0.15) is 5.75 Å². The third-order valence-corrected chi connectivity index (χ3v) is 6.35. The molecule has 4 rings (SSSR count). The number of benzene rings is 3. The van der Waals surface area contributed by atoms with Gasteiger partial charge >= 0.3 is 0 Å². The third kappa shape index (κ3) is 5.92. The Labute approximate surface area is 210 Å². The zero-order valence-electron chi connectivity index (χ0n) is 18.4. The molecule has 172 valence electrons. The molecule has 1 aromatic heterocycles. The van der Waals surface area contributed by atoms with Gasteiger partial charge in [-0.25, -0.2) is 5.43 Å². The van der Waals surface area contributed by atoms with Crippen LogP contribution < -0.4 is 10.2 Å². The highest BCUT2D eigenvalue weighted by atomic mass is 79.9. The minimum Gasteiger partial charge on any atom is -0.494 e. The molecule has 1 N–H and O–H groups in total. The first-order valence-electron chi connectivity index (χ1n) is 10.6. The Kier molecular flexibility index (Phi) is 8.11. The van der Waals surface area contributed by atoms with E-state index in [1.54, 1.807) is 6.21 Å². The van der Waals surface area contributed by atoms with Crippen LogP contribution >= 0.6 is 27.7 Å². The Bertz CT molecular complexity index is 1280. The number of aromatic nitrogens is 3. The van der Waals surface area contributed by atoms with Gasteiger partial charge in [-0.05, 0) is 37.3 Å². The van der Waals surface area contributed by atoms with Crippen molar-refractivity contribution in [2.75, 3.05) is 12.4 Å². The van der Waals surface area contributed by atoms with Crippen LogP contribution in [0.2, 0.25) is 0 Å². The maximum absolute atomic E-state index is 12.4. The van der Waals surface area contributed by atoms with Crippen LogP contribution in [-0.4, -0.2) is 39.2 Å². The molecule has 0 unspecified atom stereocenters. The summed E-state index contributed by atoms with van der Waals surface area (Å²) in [5.74, 6) is 1.38. The summed E-state index contributed by atoms with van der Waals surface area (Å²) in [6, 6.07) is 25.2. The molecular formula is C25H22BrN5O2S. The lowest BCUT2D eigenvalue weighted by molar-refractivity contribution is -0.118. The number of hydrazone groups is 1. The third-order valence-electron chi connectivity index (χ3n) is 4.70. The van der Waals surface area contributed by atoms with Crippen LogP contribution in [0.5, 0.6) is 5.75 Å². The van der Waals surface area contributed by atoms with Crippen molar-refractivity contribution in [1.29, 1.82) is 0 Å². The largest absolute Gasteiger partial charge is 0.494 e. The number of carbonyl (C=O) groups excluding carboxylic acids is 1. The van der Waals surface area contributed by atoms with Gasteiger partial charge in [0.2, 0.25) is 0 Å². The first kappa shape index (κ1) is 23.7. The van der Waals surface area contributed by atoms with E-state index in [4.69, 9.17) is 4.74 Å². The zero-order chi connectivity index (χ0) is 23.8. The van der Waals surface area contributed by atoms with E-state index in [0.29, 0.717) is 17.6 Å². The summed E-state index contributed by atoms with van der Waals surface area (Å²) in [4.78, 5) is 12.4. The Balaban J connectivity index is 1.51. The molecule has 0 bridgehead atoms. The molecule has 0 radical (unpaired) electrons. The number of hydrogen-bond donors (Lipinski definition) is 1. The first-order chi connectivity index (χ1) is 16.7. The van der Waals surface area contributed by atoms with Gasteiger partial charge < -0.3 is 4.74 Å². The molecule has 1 amide bonds. The van der Waals surface area contributed by atoms with Crippen LogP contribution in [0.1, 0.15) is 12.5 Å². The van der Waals surface area contributed by atoms with Crippen LogP contribution in [0.3, 0.4) is 0 Å². The van der Waals surface area contributed by atoms with Gasteiger partial charge in [-0.1, -0.05) is 76.2 Å². The maximum Gasteiger partial charge on any atom is 0.250 e. The van der Waals surface area contributed by atoms with E-state index in [1.807, 2.05) is 90.4 Å². The topological polar surface area (TPSA) is 81.4 Å². The van der Waals surface area contributed by atoms with Gasteiger partial charge in [0.05, 0.1) is 18.6 Å². The van der Waals surface area contributed by atoms with Crippen LogP contribution in [0, 0.1) is 0 Å². The summed E-state index contributed by atoms with van der Waals surface area (Å²) in [5.41, 5.74) is 5.24. The standard InChI is InChI=1S/C25H22BrN5O2S/c1-2-33-21-14-12-20(13-15-21)31-24(18-8-4-3-5-9-18)29-30-25(31)34-17-23(32)28-27-16-19-10-6-7-11-22(19)26/h3-16H,2,17H2,1H3,(H,28,32)/b27-16+. The second-order valence-electron chi connectivity index (χ2n) is 7.04. The average molecular weight is 536 g/mol. The molecule has 3 aromatic carbocycles. The Morgan fingerprint density at radius 1 is 1.06 bits per heavy atom. The summed E-state index contributed by atoms with van der Waals surface area (Å²) in [6.45, 7) is 2.55. The van der Waals surface area contributed by atoms with Crippen LogP contribution in [0.4, 0.5) is 0 Å². The number of ether oxygens (including phenoxy) is 1. The monoisotopic (exact) mass is 535 g/mol. The van der Waals surface area contributed by atoms with Gasteiger partial charge in [0.25, 0.3) is 5.91 Å². The quantitative estimate of drug-likeness (QED) is 0.178. The van der Waals surface area contributed by atoms with Crippen LogP contribution in [0.15, 0.2) is 93.6 Å². The van der Waals surface area contributed by atoms with Gasteiger partial charge in [-0.15, -0.1) is 10.2 Å². The summed E-state index contributed by atoms with van der Waals surface area (Å²) >= 11 is 4.75. The fraction of sp³-hybridized carbons (Fsp3) is 0.120. The van der Waals surface area contributed by atoms with E-state index in [9.17, 15) is 4.79 Å². The fourth-order valence-electron chi connectivity index (χ4n) is 3.14. The minimum atomic E-state index is -0.240. The van der Waals surface area contributed by atoms with Gasteiger partial charge in [-0.2, -0.15) is 5.10 Å². The van der Waals surface area contributed by atoms with Crippen LogP contribution in [-0.2, 0) is 4.79 Å². The molecule has 0 atom stereocenters. The zero-order valence-corrected chi connectivity index (χ0v) is 20.8. The highest BCUT2D eigenvalue weighted by molar-refractivity contribution is 9.10. The maximum atomic E-state index is 12.4. The predicted octanol–water partition coefficient (Wildman–Crippen LogP) is 5.34. The van der Waals surface area contributed by atoms with Crippen molar-refractivity contribution in [2.45, 2.75) is 12.1 Å². The molecule has 0 spiro atoms. The minimum absolute atomic E-state index is 0.136. The highest BCUT2D eigenvalue weighted by Crippen LogP contribution is 2.28. The van der Waals surface area contributed by atoms with E-state index in [2.05, 4.69) is 36.7 Å². The van der Waals surface area contributed by atoms with Crippen molar-refractivity contribution in [3.63, 3.8) is 0 Å². The smallest absolute Gasteiger partial charge is 0.250 e. The molecule has 4 aromatic rings. The summed E-state index contributed by atoms with van der Waals surface area (Å²) in [6.07, 6.45) is 1.60. The fourth-order valence-corrected chi connectivity index (χ4v) is 4.28. The lowest BCUT2D eigenvalue weighted by atomic mass is 10.2. The summed E-state index contributed by atoms with van der Waals surface area (Å²) in [7, 11) is 0. The van der Waals surface area contributed by atoms with E-state index < -0.39 is 0 Å². The number of nitrogens with one attached hydrogen (secondary N) is 1. The lowest BCUT2D eigenvalue weighted by Crippen LogP contribution is -2.20. The average Bonchev–Trinajstić information content (AvgIpc) is 3.29. The Morgan fingerprint density at radius 3 is 2.53 bits per heavy atom. The van der Waals surface area contributed by atoms with Crippen LogP contribution in [0.25, 0.3) is 17.1 Å². The number of hydrogen-bond acceptors (Lipinski definition) is 6. The van der Waals surface area contributed by atoms with Gasteiger partial charge in [0, 0.05) is 21.3 Å². The van der Waals surface area contributed by atoms with Crippen molar-refractivity contribution >= 4 is 39.8 Å². The van der Waals surface area contributed by atoms with E-state index in [1.165, 1.54) is 11.8 Å². The second-order valence-corrected chi connectivity index (χ2v) is 8.83. The molecule has 0 aliphatic carbocycles. The lowest BCUT2D eigenvalue weighted by Gasteiger charge is -2.11. The number of amides is 1. The predicted molar refractivity (Wildman–Crippen MR) is 139 cm³/mol. The number of thioether (sulfide) groups is 1. The van der Waals surface area contributed by atoms with E-state index in [0.717, 1.165) is 27.0 Å². The van der Waals surface area contributed by atoms with E-state index >= 15 is 0 Å². The first-order valence-corrected chi connectivity index (χ1v) is 12.4. The molecular weight excluding hydrogens is 514 g/mol. The number of rotatable bonds is 9. The summed E-state index contributed by atoms with van der Waals surface area (Å²) in [5, 5.41) is 13.4. The molecule has 0 fully saturated rings. The van der Waals surface area contributed by atoms with Gasteiger partial charge in [-0.3, -0.25) is 9.36 Å². The Morgan fingerprint density at radius 2 is 1.79 bits per heavy atom. The molecule has 7 nitrogen and oxygen atoms in total. The van der Waals surface area contributed by atoms with Crippen molar-refractivity contribution < 1.29 is 9.53 Å². The molecule has 1 heterocycles. The molecule has 0 saturated carbocycles. The molecule has 0 aliphatic heterocycles. The highest BCUT2D eigenvalue weighted by Gasteiger charge is 2.17. The number of carbonyl (C=O) groups is 1. The number of nitrogens with zero attached hydrogens (tertiary/aromatic N) is 4. The summed E-state index contributed by atoms with van der Waals surface area (Å²) < 4.78 is 8.40. The van der Waals surface area contributed by atoms with Crippen molar-refractivity contribution in [3.8, 4) is 22.8 Å². The number of halogens is 1. The Hall–Kier alpha value is -3.43. The van der Waals surface area contributed by atoms with Crippen molar-refractivity contribution in [1.82, 2.24) is 20.2 Å². The van der Waals surface area contributed by atoms with Crippen molar-refractivity contribution in [2.24, 2.45) is 5.10 Å². The molecule has 9 heteroatoms.